The number of anilines is 2. The van der Waals surface area contributed by atoms with Crippen LogP contribution in [-0.4, -0.2) is 17.5 Å². The Morgan fingerprint density at radius 2 is 2.19 bits per heavy atom. The average Bonchev–Trinajstić information content (AvgIpc) is 2.42. The third-order valence-electron chi connectivity index (χ3n) is 2.56. The van der Waals surface area contributed by atoms with E-state index in [1.54, 1.807) is 24.3 Å². The van der Waals surface area contributed by atoms with Crippen molar-refractivity contribution >= 4 is 44.8 Å². The van der Waals surface area contributed by atoms with Gasteiger partial charge in [-0.1, -0.05) is 11.6 Å². The van der Waals surface area contributed by atoms with Gasteiger partial charge >= 0.3 is 0 Å². The lowest BCUT2D eigenvalue weighted by molar-refractivity contribution is 0.102. The first kappa shape index (κ1) is 15.6. The van der Waals surface area contributed by atoms with E-state index in [1.807, 2.05) is 6.92 Å². The normalized spacial score (nSPS) is 10.2. The van der Waals surface area contributed by atoms with Crippen molar-refractivity contribution in [1.82, 2.24) is 4.98 Å². The van der Waals surface area contributed by atoms with Gasteiger partial charge in [-0.15, -0.1) is 0 Å². The molecule has 0 saturated heterocycles. The Bertz CT molecular complexity index is 679. The molecule has 1 aromatic heterocycles. The highest BCUT2D eigenvalue weighted by Gasteiger charge is 2.10. The molecule has 21 heavy (non-hydrogen) atoms. The minimum atomic E-state index is -0.306. The number of halogens is 2. The molecule has 1 amide bonds. The Kier molecular flexibility index (Phi) is 5.03. The summed E-state index contributed by atoms with van der Waals surface area (Å²) in [5, 5.41) is 3.05. The number of rotatable bonds is 4. The summed E-state index contributed by atoms with van der Waals surface area (Å²) in [6, 6.07) is 6.55. The standard InChI is InChI=1S/C14H13BrClN3O2/c1-2-21-11-4-8(3-9(17)5-11)14(20)19-10-6-12(15)13(16)18-7-10/h3-7H,2,17H2,1H3,(H,19,20). The number of carbonyl (C=O) groups is 1. The molecule has 0 unspecified atom stereocenters. The number of hydrogen-bond acceptors (Lipinski definition) is 4. The van der Waals surface area contributed by atoms with Crippen LogP contribution in [0.25, 0.3) is 0 Å². The molecule has 0 aliphatic carbocycles. The Hall–Kier alpha value is -1.79. The van der Waals surface area contributed by atoms with Gasteiger partial charge in [-0.3, -0.25) is 4.79 Å². The van der Waals surface area contributed by atoms with Gasteiger partial charge in [0.25, 0.3) is 5.91 Å². The molecule has 0 aliphatic heterocycles. The summed E-state index contributed by atoms with van der Waals surface area (Å²) < 4.78 is 5.97. The number of ether oxygens (including phenoxy) is 1. The smallest absolute Gasteiger partial charge is 0.255 e. The Balaban J connectivity index is 2.21. The maximum absolute atomic E-state index is 12.2. The molecule has 110 valence electrons. The Morgan fingerprint density at radius 1 is 1.43 bits per heavy atom. The summed E-state index contributed by atoms with van der Waals surface area (Å²) in [5.74, 6) is 0.248. The van der Waals surface area contributed by atoms with Crippen molar-refractivity contribution in [2.45, 2.75) is 6.92 Å². The summed E-state index contributed by atoms with van der Waals surface area (Å²) in [7, 11) is 0. The maximum Gasteiger partial charge on any atom is 0.255 e. The van der Waals surface area contributed by atoms with Gasteiger partial charge in [0.05, 0.1) is 23.0 Å². The third kappa shape index (κ3) is 4.09. The van der Waals surface area contributed by atoms with Crippen molar-refractivity contribution in [3.8, 4) is 5.75 Å². The quantitative estimate of drug-likeness (QED) is 0.635. The predicted molar refractivity (Wildman–Crippen MR) is 86.9 cm³/mol. The molecule has 0 atom stereocenters. The zero-order chi connectivity index (χ0) is 15.4. The molecule has 7 heteroatoms. The number of carbonyl (C=O) groups excluding carboxylic acids is 1. The molecule has 2 rings (SSSR count). The molecular weight excluding hydrogens is 358 g/mol. The van der Waals surface area contributed by atoms with Crippen LogP contribution in [0.15, 0.2) is 34.9 Å². The number of nitrogen functional groups attached to an aromatic ring is 1. The lowest BCUT2D eigenvalue weighted by atomic mass is 10.1. The first-order valence-corrected chi connectivity index (χ1v) is 7.32. The van der Waals surface area contributed by atoms with E-state index in [4.69, 9.17) is 22.1 Å². The number of pyridine rings is 1. The largest absolute Gasteiger partial charge is 0.494 e. The second kappa shape index (κ2) is 6.78. The van der Waals surface area contributed by atoms with Gasteiger partial charge in [0.15, 0.2) is 0 Å². The van der Waals surface area contributed by atoms with Crippen LogP contribution < -0.4 is 15.8 Å². The highest BCUT2D eigenvalue weighted by Crippen LogP contribution is 2.24. The first-order valence-electron chi connectivity index (χ1n) is 6.15. The van der Waals surface area contributed by atoms with Crippen LogP contribution in [0.4, 0.5) is 11.4 Å². The fourth-order valence-electron chi connectivity index (χ4n) is 1.70. The predicted octanol–water partition coefficient (Wildman–Crippen LogP) is 3.73. The van der Waals surface area contributed by atoms with E-state index in [1.165, 1.54) is 6.20 Å². The molecule has 0 aliphatic rings. The van der Waals surface area contributed by atoms with Gasteiger partial charge < -0.3 is 15.8 Å². The van der Waals surface area contributed by atoms with Crippen molar-refractivity contribution in [3.05, 3.63) is 45.7 Å². The van der Waals surface area contributed by atoms with E-state index in [0.29, 0.717) is 38.9 Å². The maximum atomic E-state index is 12.2. The Labute approximate surface area is 135 Å². The molecular formula is C14H13BrClN3O2. The zero-order valence-electron chi connectivity index (χ0n) is 11.2. The number of aromatic nitrogens is 1. The number of hydrogen-bond donors (Lipinski definition) is 2. The van der Waals surface area contributed by atoms with Crippen LogP contribution >= 0.6 is 27.5 Å². The summed E-state index contributed by atoms with van der Waals surface area (Å²) in [4.78, 5) is 16.2. The fraction of sp³-hybridized carbons (Fsp3) is 0.143. The van der Waals surface area contributed by atoms with Crippen LogP contribution in [-0.2, 0) is 0 Å². The van der Waals surface area contributed by atoms with Gasteiger partial charge in [0, 0.05) is 17.3 Å². The average molecular weight is 371 g/mol. The molecule has 0 radical (unpaired) electrons. The lowest BCUT2D eigenvalue weighted by Crippen LogP contribution is -2.13. The summed E-state index contributed by atoms with van der Waals surface area (Å²) >= 11 is 9.06. The van der Waals surface area contributed by atoms with Gasteiger partial charge in [-0.2, -0.15) is 0 Å². The number of nitrogens with one attached hydrogen (secondary N) is 1. The van der Waals surface area contributed by atoms with E-state index in [2.05, 4.69) is 26.2 Å². The van der Waals surface area contributed by atoms with Gasteiger partial charge in [0.2, 0.25) is 0 Å². The monoisotopic (exact) mass is 369 g/mol. The number of nitrogens with zero attached hydrogens (tertiary/aromatic N) is 1. The van der Waals surface area contributed by atoms with E-state index < -0.39 is 0 Å². The summed E-state index contributed by atoms with van der Waals surface area (Å²) in [6.45, 7) is 2.36. The molecule has 0 bridgehead atoms. The molecule has 1 aromatic carbocycles. The van der Waals surface area contributed by atoms with Crippen molar-refractivity contribution in [3.63, 3.8) is 0 Å². The zero-order valence-corrected chi connectivity index (χ0v) is 13.5. The summed E-state index contributed by atoms with van der Waals surface area (Å²) in [6.07, 6.45) is 1.47. The van der Waals surface area contributed by atoms with Crippen molar-refractivity contribution < 1.29 is 9.53 Å². The lowest BCUT2D eigenvalue weighted by Gasteiger charge is -2.09. The van der Waals surface area contributed by atoms with E-state index in [-0.39, 0.29) is 5.91 Å². The van der Waals surface area contributed by atoms with E-state index >= 15 is 0 Å². The molecule has 3 N–H and O–H groups in total. The van der Waals surface area contributed by atoms with Gasteiger partial charge in [-0.05, 0) is 41.1 Å². The second-order valence-corrected chi connectivity index (χ2v) is 5.39. The van der Waals surface area contributed by atoms with E-state index in [9.17, 15) is 4.79 Å². The van der Waals surface area contributed by atoms with Crippen LogP contribution in [0.5, 0.6) is 5.75 Å². The van der Waals surface area contributed by atoms with Crippen molar-refractivity contribution in [2.24, 2.45) is 0 Å². The third-order valence-corrected chi connectivity index (χ3v) is 3.69. The van der Waals surface area contributed by atoms with Gasteiger partial charge in [-0.25, -0.2) is 4.98 Å². The molecule has 0 fully saturated rings. The number of benzene rings is 1. The van der Waals surface area contributed by atoms with Crippen LogP contribution in [0.1, 0.15) is 17.3 Å². The van der Waals surface area contributed by atoms with Gasteiger partial charge in [0.1, 0.15) is 10.9 Å². The molecule has 2 aromatic rings. The van der Waals surface area contributed by atoms with Crippen LogP contribution in [0.2, 0.25) is 5.15 Å². The topological polar surface area (TPSA) is 77.2 Å². The Morgan fingerprint density at radius 3 is 2.86 bits per heavy atom. The highest BCUT2D eigenvalue weighted by atomic mass is 79.9. The molecule has 1 heterocycles. The van der Waals surface area contributed by atoms with E-state index in [0.717, 1.165) is 0 Å². The molecule has 0 spiro atoms. The van der Waals surface area contributed by atoms with Crippen molar-refractivity contribution in [1.29, 1.82) is 0 Å². The minimum absolute atomic E-state index is 0.306. The molecule has 0 saturated carbocycles. The number of amides is 1. The van der Waals surface area contributed by atoms with Crippen molar-refractivity contribution in [2.75, 3.05) is 17.7 Å². The number of nitrogens with two attached hydrogens (primary N) is 1. The van der Waals surface area contributed by atoms with Crippen LogP contribution in [0, 0.1) is 0 Å². The molecule has 5 nitrogen and oxygen atoms in total. The second-order valence-electron chi connectivity index (χ2n) is 4.17. The summed E-state index contributed by atoms with van der Waals surface area (Å²) in [5.41, 5.74) is 7.16. The first-order chi connectivity index (χ1) is 9.99. The minimum Gasteiger partial charge on any atom is -0.494 e. The SMILES string of the molecule is CCOc1cc(N)cc(C(=O)Nc2cnc(Cl)c(Br)c2)c1. The van der Waals surface area contributed by atoms with Crippen LogP contribution in [0.3, 0.4) is 0 Å². The highest BCUT2D eigenvalue weighted by molar-refractivity contribution is 9.10. The fourth-order valence-corrected chi connectivity index (χ4v) is 2.15.